The van der Waals surface area contributed by atoms with Crippen LogP contribution in [0.15, 0.2) is 54.6 Å². The summed E-state index contributed by atoms with van der Waals surface area (Å²) >= 11 is 0. The van der Waals surface area contributed by atoms with Gasteiger partial charge in [0.2, 0.25) is 0 Å². The summed E-state index contributed by atoms with van der Waals surface area (Å²) in [5.74, 6) is -0.389. The molecule has 0 radical (unpaired) electrons. The summed E-state index contributed by atoms with van der Waals surface area (Å²) in [5, 5.41) is 0. The number of hydrogen-bond acceptors (Lipinski definition) is 4. The van der Waals surface area contributed by atoms with Gasteiger partial charge in [0.1, 0.15) is 0 Å². The Kier molecular flexibility index (Phi) is 5.46. The first-order chi connectivity index (χ1) is 12.6. The number of ketones is 1. The molecule has 0 bridgehead atoms. The molecular weight excluding hydrogens is 330 g/mol. The van der Waals surface area contributed by atoms with E-state index < -0.39 is 5.97 Å². The lowest BCUT2D eigenvalue weighted by atomic mass is 9.88. The number of benzene rings is 2. The molecule has 1 aliphatic heterocycles. The van der Waals surface area contributed by atoms with Crippen LogP contribution in [-0.2, 0) is 4.74 Å². The van der Waals surface area contributed by atoms with Crippen LogP contribution < -0.4 is 0 Å². The lowest BCUT2D eigenvalue weighted by molar-refractivity contribution is 0.0599. The summed E-state index contributed by atoms with van der Waals surface area (Å²) in [7, 11) is 1.32. The summed E-state index contributed by atoms with van der Waals surface area (Å²) in [6.45, 7) is 1.11. The monoisotopic (exact) mass is 351 g/mol. The molecule has 134 valence electrons. The van der Waals surface area contributed by atoms with Crippen LogP contribution in [0, 0.1) is 5.92 Å². The second-order valence-electron chi connectivity index (χ2n) is 6.37. The first kappa shape index (κ1) is 17.9. The number of carbonyl (C=O) groups excluding carboxylic acids is 3. The summed E-state index contributed by atoms with van der Waals surface area (Å²) < 4.78 is 4.66. The van der Waals surface area contributed by atoms with Crippen molar-refractivity contribution in [1.82, 2.24) is 4.90 Å². The van der Waals surface area contributed by atoms with Gasteiger partial charge in [-0.2, -0.15) is 0 Å². The van der Waals surface area contributed by atoms with E-state index >= 15 is 0 Å². The minimum Gasteiger partial charge on any atom is -0.465 e. The van der Waals surface area contributed by atoms with E-state index in [1.54, 1.807) is 29.2 Å². The molecule has 2 aromatic carbocycles. The molecule has 0 atom stereocenters. The molecule has 26 heavy (non-hydrogen) atoms. The zero-order valence-corrected chi connectivity index (χ0v) is 14.7. The Morgan fingerprint density at radius 2 is 1.42 bits per heavy atom. The molecule has 5 heteroatoms. The highest BCUT2D eigenvalue weighted by atomic mass is 16.5. The molecule has 0 aromatic heterocycles. The highest BCUT2D eigenvalue weighted by Gasteiger charge is 2.28. The molecule has 1 fully saturated rings. The smallest absolute Gasteiger partial charge is 0.337 e. The number of likely N-dealkylation sites (tertiary alicyclic amines) is 1. The predicted molar refractivity (Wildman–Crippen MR) is 97.2 cm³/mol. The number of piperidine rings is 1. The molecule has 1 saturated heterocycles. The minimum absolute atomic E-state index is 0.0387. The normalized spacial score (nSPS) is 14.7. The van der Waals surface area contributed by atoms with Crippen LogP contribution in [0.4, 0.5) is 0 Å². The van der Waals surface area contributed by atoms with Gasteiger partial charge in [-0.25, -0.2) is 4.79 Å². The molecule has 1 aliphatic rings. The summed E-state index contributed by atoms with van der Waals surface area (Å²) in [6.07, 6.45) is 1.33. The van der Waals surface area contributed by atoms with E-state index in [9.17, 15) is 14.4 Å². The maximum Gasteiger partial charge on any atom is 0.337 e. The fraction of sp³-hybridized carbons (Fsp3) is 0.286. The first-order valence-corrected chi connectivity index (χ1v) is 8.67. The maximum atomic E-state index is 12.6. The van der Waals surface area contributed by atoms with Crippen molar-refractivity contribution in [3.63, 3.8) is 0 Å². The number of methoxy groups -OCH3 is 1. The number of ether oxygens (including phenoxy) is 1. The fourth-order valence-corrected chi connectivity index (χ4v) is 3.23. The number of esters is 1. The molecule has 0 saturated carbocycles. The van der Waals surface area contributed by atoms with Crippen molar-refractivity contribution in [3.05, 3.63) is 71.3 Å². The average Bonchev–Trinajstić information content (AvgIpc) is 2.73. The van der Waals surface area contributed by atoms with Gasteiger partial charge in [-0.05, 0) is 37.1 Å². The van der Waals surface area contributed by atoms with Crippen molar-refractivity contribution in [1.29, 1.82) is 0 Å². The van der Waals surface area contributed by atoms with Crippen LogP contribution in [0.25, 0.3) is 0 Å². The zero-order valence-electron chi connectivity index (χ0n) is 14.7. The molecule has 5 nitrogen and oxygen atoms in total. The van der Waals surface area contributed by atoms with Crippen LogP contribution in [0.3, 0.4) is 0 Å². The van der Waals surface area contributed by atoms with Crippen molar-refractivity contribution < 1.29 is 19.1 Å². The van der Waals surface area contributed by atoms with E-state index in [2.05, 4.69) is 4.74 Å². The highest BCUT2D eigenvalue weighted by molar-refractivity contribution is 5.99. The Hall–Kier alpha value is -2.95. The number of rotatable bonds is 4. The standard InChI is InChI=1S/C21H21NO4/c1-26-21(25)18-9-7-17(8-10-18)20(24)22-13-11-16(12-14-22)19(23)15-5-3-2-4-6-15/h2-10,16H,11-14H2,1H3. The van der Waals surface area contributed by atoms with E-state index in [0.29, 0.717) is 37.1 Å². The Morgan fingerprint density at radius 3 is 2.00 bits per heavy atom. The van der Waals surface area contributed by atoms with Crippen molar-refractivity contribution in [3.8, 4) is 0 Å². The third kappa shape index (κ3) is 3.82. The Labute approximate surface area is 152 Å². The molecule has 0 N–H and O–H groups in total. The lowest BCUT2D eigenvalue weighted by Crippen LogP contribution is -2.40. The highest BCUT2D eigenvalue weighted by Crippen LogP contribution is 2.23. The molecule has 1 heterocycles. The number of nitrogens with zero attached hydrogens (tertiary/aromatic N) is 1. The van der Waals surface area contributed by atoms with E-state index in [4.69, 9.17) is 0 Å². The van der Waals surface area contributed by atoms with E-state index in [0.717, 1.165) is 5.56 Å². The quantitative estimate of drug-likeness (QED) is 0.627. The number of hydrogen-bond donors (Lipinski definition) is 0. The Morgan fingerprint density at radius 1 is 0.846 bits per heavy atom. The second-order valence-corrected chi connectivity index (χ2v) is 6.37. The minimum atomic E-state index is -0.427. The van der Waals surface area contributed by atoms with Crippen molar-refractivity contribution in [2.45, 2.75) is 12.8 Å². The lowest BCUT2D eigenvalue weighted by Gasteiger charge is -2.31. The van der Waals surface area contributed by atoms with Crippen LogP contribution in [-0.4, -0.2) is 42.8 Å². The van der Waals surface area contributed by atoms with Crippen molar-refractivity contribution in [2.75, 3.05) is 20.2 Å². The van der Waals surface area contributed by atoms with Crippen LogP contribution in [0.1, 0.15) is 43.9 Å². The molecule has 0 spiro atoms. The van der Waals surface area contributed by atoms with Crippen molar-refractivity contribution >= 4 is 17.7 Å². The first-order valence-electron chi connectivity index (χ1n) is 8.67. The number of Topliss-reactive ketones (excluding diaryl/α,β-unsaturated/α-hetero) is 1. The molecular formula is C21H21NO4. The zero-order chi connectivity index (χ0) is 18.5. The van der Waals surface area contributed by atoms with E-state index in [1.807, 2.05) is 30.3 Å². The fourth-order valence-electron chi connectivity index (χ4n) is 3.23. The van der Waals surface area contributed by atoms with Gasteiger partial charge in [-0.1, -0.05) is 30.3 Å². The van der Waals surface area contributed by atoms with Gasteiger partial charge in [0.15, 0.2) is 5.78 Å². The van der Waals surface area contributed by atoms with Gasteiger partial charge in [-0.3, -0.25) is 9.59 Å². The van der Waals surface area contributed by atoms with E-state index in [1.165, 1.54) is 7.11 Å². The Bertz CT molecular complexity index is 791. The number of carbonyl (C=O) groups is 3. The molecule has 3 rings (SSSR count). The third-order valence-electron chi connectivity index (χ3n) is 4.76. The van der Waals surface area contributed by atoms with Crippen molar-refractivity contribution in [2.24, 2.45) is 5.92 Å². The van der Waals surface area contributed by atoms with Gasteiger partial charge in [-0.15, -0.1) is 0 Å². The van der Waals surface area contributed by atoms with Gasteiger partial charge < -0.3 is 9.64 Å². The maximum absolute atomic E-state index is 12.6. The second kappa shape index (κ2) is 7.95. The van der Waals surface area contributed by atoms with Crippen LogP contribution in [0.2, 0.25) is 0 Å². The molecule has 1 amide bonds. The van der Waals surface area contributed by atoms with E-state index in [-0.39, 0.29) is 17.6 Å². The molecule has 0 unspecified atom stereocenters. The number of amides is 1. The summed E-state index contributed by atoms with van der Waals surface area (Å²) in [5.41, 5.74) is 1.68. The van der Waals surface area contributed by atoms with Gasteiger partial charge in [0.05, 0.1) is 12.7 Å². The average molecular weight is 351 g/mol. The Balaban J connectivity index is 1.60. The SMILES string of the molecule is COC(=O)c1ccc(C(=O)N2CCC(C(=O)c3ccccc3)CC2)cc1. The molecule has 0 aliphatic carbocycles. The largest absolute Gasteiger partial charge is 0.465 e. The van der Waals surface area contributed by atoms with Gasteiger partial charge in [0, 0.05) is 30.1 Å². The molecule has 2 aromatic rings. The topological polar surface area (TPSA) is 63.7 Å². The van der Waals surface area contributed by atoms with Gasteiger partial charge in [0.25, 0.3) is 5.91 Å². The van der Waals surface area contributed by atoms with Crippen LogP contribution >= 0.6 is 0 Å². The van der Waals surface area contributed by atoms with Gasteiger partial charge >= 0.3 is 5.97 Å². The predicted octanol–water partition coefficient (Wildman–Crippen LogP) is 3.21. The van der Waals surface area contributed by atoms with Crippen LogP contribution in [0.5, 0.6) is 0 Å². The summed E-state index contributed by atoms with van der Waals surface area (Å²) in [6, 6.07) is 15.7. The third-order valence-corrected chi connectivity index (χ3v) is 4.76. The summed E-state index contributed by atoms with van der Waals surface area (Å²) in [4.78, 5) is 38.4.